The van der Waals surface area contributed by atoms with E-state index in [1.807, 2.05) is 21.1 Å². The van der Waals surface area contributed by atoms with Gasteiger partial charge in [0.25, 0.3) is 6.29 Å². The van der Waals surface area contributed by atoms with Gasteiger partial charge in [0.15, 0.2) is 6.10 Å². The standard InChI is InChI=1S/C54H101NO8/c1-6-8-10-12-14-15-16-17-18-19-20-21-22-23-24-25-26-27-28-29-30-31-32-33-34-35-36-37-39-41-43-45-52(57)63-50(48-61-51(56)44-42-40-38-13-11-9-7-2)49-62-54(53(58)59)60-47-46-55(3,4)5/h16-17,19-20,50,54H,6-15,18,21-49H2,1-5H3/p+1/b17-16-,20-19-. The number of carbonyl (C=O) groups excluding carboxylic acids is 2. The number of quaternary nitrogens is 1. The van der Waals surface area contributed by atoms with Crippen molar-refractivity contribution in [2.75, 3.05) is 47.5 Å². The maximum Gasteiger partial charge on any atom is 0.361 e. The highest BCUT2D eigenvalue weighted by molar-refractivity contribution is 5.71. The summed E-state index contributed by atoms with van der Waals surface area (Å²) in [6.07, 6.45) is 50.1. The number of nitrogens with zero attached hydrogens (tertiary/aromatic N) is 1. The van der Waals surface area contributed by atoms with Crippen LogP contribution < -0.4 is 0 Å². The molecule has 0 aromatic rings. The first kappa shape index (κ1) is 60.8. The summed E-state index contributed by atoms with van der Waals surface area (Å²) in [5.74, 6) is -2.00. The molecule has 0 aromatic heterocycles. The van der Waals surface area contributed by atoms with Gasteiger partial charge in [-0.25, -0.2) is 4.79 Å². The molecule has 9 heteroatoms. The molecule has 0 aromatic carbocycles. The summed E-state index contributed by atoms with van der Waals surface area (Å²) in [5.41, 5.74) is 0. The molecule has 0 radical (unpaired) electrons. The Bertz CT molecular complexity index is 1090. The van der Waals surface area contributed by atoms with Gasteiger partial charge in [0.05, 0.1) is 34.4 Å². The molecule has 0 fully saturated rings. The lowest BCUT2D eigenvalue weighted by molar-refractivity contribution is -0.870. The van der Waals surface area contributed by atoms with Crippen molar-refractivity contribution in [3.63, 3.8) is 0 Å². The Kier molecular flexibility index (Phi) is 44.7. The zero-order valence-corrected chi connectivity index (χ0v) is 42.0. The van der Waals surface area contributed by atoms with Crippen LogP contribution in [0.4, 0.5) is 0 Å². The molecule has 1 N–H and O–H groups in total. The molecule has 9 nitrogen and oxygen atoms in total. The first-order valence-electron chi connectivity index (χ1n) is 26.5. The fraction of sp³-hybridized carbons (Fsp3) is 0.870. The fourth-order valence-corrected chi connectivity index (χ4v) is 7.57. The average Bonchev–Trinajstić information content (AvgIpc) is 3.24. The number of ether oxygens (including phenoxy) is 4. The van der Waals surface area contributed by atoms with Gasteiger partial charge in [-0.1, -0.05) is 212 Å². The molecule has 0 saturated carbocycles. The minimum absolute atomic E-state index is 0.177. The number of carboxylic acid groups (broad SMARTS) is 1. The van der Waals surface area contributed by atoms with E-state index < -0.39 is 24.3 Å². The summed E-state index contributed by atoms with van der Waals surface area (Å²) >= 11 is 0. The molecule has 0 aliphatic rings. The zero-order chi connectivity index (χ0) is 46.3. The normalized spacial score (nSPS) is 13.0. The van der Waals surface area contributed by atoms with Crippen LogP contribution in [-0.4, -0.2) is 87.4 Å². The number of rotatable bonds is 49. The van der Waals surface area contributed by atoms with E-state index in [-0.39, 0.29) is 32.2 Å². The van der Waals surface area contributed by atoms with E-state index >= 15 is 0 Å². The third kappa shape index (κ3) is 47.5. The van der Waals surface area contributed by atoms with Crippen LogP contribution in [0.5, 0.6) is 0 Å². The quantitative estimate of drug-likeness (QED) is 0.0211. The summed E-state index contributed by atoms with van der Waals surface area (Å²) in [6.45, 7) is 4.84. The molecule has 370 valence electrons. The molecular weight excluding hydrogens is 791 g/mol. The van der Waals surface area contributed by atoms with Gasteiger partial charge in [-0.05, 0) is 44.9 Å². The van der Waals surface area contributed by atoms with Gasteiger partial charge in [-0.2, -0.15) is 0 Å². The van der Waals surface area contributed by atoms with Crippen molar-refractivity contribution >= 4 is 17.9 Å². The first-order valence-corrected chi connectivity index (χ1v) is 26.5. The van der Waals surface area contributed by atoms with Crippen molar-refractivity contribution in [3.05, 3.63) is 24.3 Å². The maximum atomic E-state index is 12.8. The predicted molar refractivity (Wildman–Crippen MR) is 263 cm³/mol. The molecule has 0 spiro atoms. The van der Waals surface area contributed by atoms with Gasteiger partial charge in [-0.3, -0.25) is 9.59 Å². The number of allylic oxidation sites excluding steroid dienone is 4. The number of hydrogen-bond donors (Lipinski definition) is 1. The summed E-state index contributed by atoms with van der Waals surface area (Å²) in [5, 5.41) is 9.62. The van der Waals surface area contributed by atoms with Crippen molar-refractivity contribution in [2.45, 2.75) is 257 Å². The second-order valence-corrected chi connectivity index (χ2v) is 19.2. The Hall–Kier alpha value is -2.23. The highest BCUT2D eigenvalue weighted by Crippen LogP contribution is 2.16. The van der Waals surface area contributed by atoms with Gasteiger partial charge in [0, 0.05) is 12.8 Å². The van der Waals surface area contributed by atoms with Crippen molar-refractivity contribution in [1.82, 2.24) is 0 Å². The molecule has 0 aliphatic carbocycles. The number of carboxylic acids is 1. The van der Waals surface area contributed by atoms with Gasteiger partial charge >= 0.3 is 17.9 Å². The minimum Gasteiger partial charge on any atom is -0.477 e. The van der Waals surface area contributed by atoms with Crippen LogP contribution >= 0.6 is 0 Å². The molecule has 0 bridgehead atoms. The second kappa shape index (κ2) is 46.3. The highest BCUT2D eigenvalue weighted by atomic mass is 16.7. The Morgan fingerprint density at radius 1 is 0.476 bits per heavy atom. The van der Waals surface area contributed by atoms with Crippen LogP contribution in [0.1, 0.15) is 245 Å². The number of esters is 2. The van der Waals surface area contributed by atoms with Crippen molar-refractivity contribution < 1.29 is 42.9 Å². The monoisotopic (exact) mass is 893 g/mol. The minimum atomic E-state index is -1.50. The molecule has 0 amide bonds. The molecule has 0 rings (SSSR count). The summed E-state index contributed by atoms with van der Waals surface area (Å²) < 4.78 is 22.7. The van der Waals surface area contributed by atoms with Crippen LogP contribution in [0, 0.1) is 0 Å². The highest BCUT2D eigenvalue weighted by Gasteiger charge is 2.25. The largest absolute Gasteiger partial charge is 0.477 e. The summed E-state index contributed by atoms with van der Waals surface area (Å²) in [7, 11) is 5.96. The molecule has 2 unspecified atom stereocenters. The van der Waals surface area contributed by atoms with Crippen LogP contribution in [0.25, 0.3) is 0 Å². The fourth-order valence-electron chi connectivity index (χ4n) is 7.57. The van der Waals surface area contributed by atoms with Crippen LogP contribution in [0.3, 0.4) is 0 Å². The summed E-state index contributed by atoms with van der Waals surface area (Å²) in [4.78, 5) is 37.0. The van der Waals surface area contributed by atoms with E-state index in [2.05, 4.69) is 38.2 Å². The molecule has 0 saturated heterocycles. The van der Waals surface area contributed by atoms with E-state index in [0.29, 0.717) is 17.4 Å². The lowest BCUT2D eigenvalue weighted by atomic mass is 10.0. The van der Waals surface area contributed by atoms with Gasteiger partial charge in [0.2, 0.25) is 0 Å². The molecule has 0 aliphatic heterocycles. The second-order valence-electron chi connectivity index (χ2n) is 19.2. The molecule has 63 heavy (non-hydrogen) atoms. The van der Waals surface area contributed by atoms with E-state index in [1.54, 1.807) is 0 Å². The van der Waals surface area contributed by atoms with Gasteiger partial charge < -0.3 is 28.5 Å². The molecular formula is C54H102NO8+. The van der Waals surface area contributed by atoms with Crippen molar-refractivity contribution in [1.29, 1.82) is 0 Å². The van der Waals surface area contributed by atoms with Crippen LogP contribution in [0.15, 0.2) is 24.3 Å². The van der Waals surface area contributed by atoms with Crippen LogP contribution in [-0.2, 0) is 33.3 Å². The van der Waals surface area contributed by atoms with Crippen molar-refractivity contribution in [2.24, 2.45) is 0 Å². The average molecular weight is 893 g/mol. The smallest absolute Gasteiger partial charge is 0.361 e. The van der Waals surface area contributed by atoms with Gasteiger partial charge in [-0.15, -0.1) is 0 Å². The Balaban J connectivity index is 3.98. The van der Waals surface area contributed by atoms with E-state index in [1.165, 1.54) is 173 Å². The van der Waals surface area contributed by atoms with Crippen molar-refractivity contribution in [3.8, 4) is 0 Å². The van der Waals surface area contributed by atoms with E-state index in [0.717, 1.165) is 44.9 Å². The van der Waals surface area contributed by atoms with Crippen LogP contribution in [0.2, 0.25) is 0 Å². The lowest BCUT2D eigenvalue weighted by Gasteiger charge is -2.25. The SMILES string of the molecule is CCCCCCC/C=C\C/C=C\CCCCCCCCCCCCCCCCCCCCCC(=O)OC(COC(=O)CCCCCCCCC)COC(OCC[N+](C)(C)C)C(=O)O. The number of hydrogen-bond acceptors (Lipinski definition) is 7. The molecule has 0 heterocycles. The zero-order valence-electron chi connectivity index (χ0n) is 42.0. The predicted octanol–water partition coefficient (Wildman–Crippen LogP) is 14.8. The number of carbonyl (C=O) groups is 3. The molecule has 2 atom stereocenters. The number of likely N-dealkylation sites (N-methyl/N-ethyl adjacent to an activating group) is 1. The summed E-state index contributed by atoms with van der Waals surface area (Å²) in [6, 6.07) is 0. The first-order chi connectivity index (χ1) is 30.6. The third-order valence-corrected chi connectivity index (χ3v) is 11.7. The third-order valence-electron chi connectivity index (χ3n) is 11.7. The Morgan fingerprint density at radius 2 is 0.857 bits per heavy atom. The lowest BCUT2D eigenvalue weighted by Crippen LogP contribution is -2.40. The Labute approximate surface area is 388 Å². The maximum absolute atomic E-state index is 12.8. The Morgan fingerprint density at radius 3 is 1.25 bits per heavy atom. The van der Waals surface area contributed by atoms with Gasteiger partial charge in [0.1, 0.15) is 13.2 Å². The van der Waals surface area contributed by atoms with E-state index in [4.69, 9.17) is 18.9 Å². The topological polar surface area (TPSA) is 108 Å². The number of unbranched alkanes of at least 4 members (excludes halogenated alkanes) is 30. The van der Waals surface area contributed by atoms with E-state index in [9.17, 15) is 19.5 Å². The number of aliphatic carboxylic acids is 1.